The minimum absolute atomic E-state index is 0.233. The lowest BCUT2D eigenvalue weighted by atomic mass is 10.0. The molecule has 0 radical (unpaired) electrons. The van der Waals surface area contributed by atoms with Gasteiger partial charge in [0.15, 0.2) is 0 Å². The third kappa shape index (κ3) is 1.89. The number of alkyl halides is 2. The predicted molar refractivity (Wildman–Crippen MR) is 57.7 cm³/mol. The lowest BCUT2D eigenvalue weighted by Crippen LogP contribution is -2.19. The van der Waals surface area contributed by atoms with Gasteiger partial charge in [0, 0.05) is 6.04 Å². The van der Waals surface area contributed by atoms with Crippen LogP contribution in [-0.2, 0) is 6.42 Å². The van der Waals surface area contributed by atoms with Crippen molar-refractivity contribution in [1.29, 1.82) is 0 Å². The Labute approximate surface area is 93.6 Å². The molecule has 0 heterocycles. The van der Waals surface area contributed by atoms with Crippen LogP contribution >= 0.6 is 0 Å². The summed E-state index contributed by atoms with van der Waals surface area (Å²) in [4.78, 5) is 0. The second-order valence-corrected chi connectivity index (χ2v) is 4.15. The van der Waals surface area contributed by atoms with Crippen LogP contribution in [0.5, 0.6) is 5.75 Å². The van der Waals surface area contributed by atoms with Gasteiger partial charge in [-0.15, -0.1) is 0 Å². The zero-order chi connectivity index (χ0) is 11.7. The van der Waals surface area contributed by atoms with Crippen LogP contribution in [-0.4, -0.2) is 13.7 Å². The maximum atomic E-state index is 12.2. The second-order valence-electron chi connectivity index (χ2n) is 4.15. The third-order valence-electron chi connectivity index (χ3n) is 3.13. The van der Waals surface area contributed by atoms with Crippen LogP contribution in [0.2, 0.25) is 0 Å². The van der Waals surface area contributed by atoms with E-state index in [1.165, 1.54) is 0 Å². The molecule has 1 N–H and O–H groups in total. The summed E-state index contributed by atoms with van der Waals surface area (Å²) < 4.78 is 29.0. The third-order valence-corrected chi connectivity index (χ3v) is 3.13. The first-order chi connectivity index (χ1) is 7.63. The Morgan fingerprint density at radius 3 is 2.81 bits per heavy atom. The van der Waals surface area contributed by atoms with Gasteiger partial charge in [-0.05, 0) is 36.6 Å². The number of ether oxygens (including phenoxy) is 1. The Morgan fingerprint density at radius 1 is 1.44 bits per heavy atom. The summed E-state index contributed by atoms with van der Waals surface area (Å²) in [7, 11) is 1.89. The van der Waals surface area contributed by atoms with Gasteiger partial charge in [-0.25, -0.2) is 0 Å². The second kappa shape index (κ2) is 4.37. The molecule has 0 spiro atoms. The van der Waals surface area contributed by atoms with Crippen LogP contribution in [0, 0.1) is 5.92 Å². The van der Waals surface area contributed by atoms with Crippen LogP contribution < -0.4 is 10.1 Å². The molecule has 2 unspecified atom stereocenters. The molecule has 2 atom stereocenters. The highest BCUT2D eigenvalue weighted by atomic mass is 19.3. The zero-order valence-corrected chi connectivity index (χ0v) is 9.34. The molecule has 0 saturated heterocycles. The fourth-order valence-electron chi connectivity index (χ4n) is 2.49. The number of fused-ring (bicyclic) bond motifs is 1. The van der Waals surface area contributed by atoms with Crippen molar-refractivity contribution in [1.82, 2.24) is 5.32 Å². The summed E-state index contributed by atoms with van der Waals surface area (Å²) in [6.07, 6.45) is 0.781. The van der Waals surface area contributed by atoms with Gasteiger partial charge in [-0.1, -0.05) is 19.1 Å². The van der Waals surface area contributed by atoms with E-state index in [9.17, 15) is 8.78 Å². The molecule has 2 rings (SSSR count). The van der Waals surface area contributed by atoms with Gasteiger partial charge in [0.05, 0.1) is 0 Å². The number of hydrogen-bond acceptors (Lipinski definition) is 2. The van der Waals surface area contributed by atoms with Crippen molar-refractivity contribution in [3.63, 3.8) is 0 Å². The molecule has 4 heteroatoms. The lowest BCUT2D eigenvalue weighted by molar-refractivity contribution is -0.0504. The van der Waals surface area contributed by atoms with Gasteiger partial charge in [0.1, 0.15) is 5.75 Å². The molecule has 2 nitrogen and oxygen atoms in total. The first kappa shape index (κ1) is 11.3. The summed E-state index contributed by atoms with van der Waals surface area (Å²) in [5, 5.41) is 3.21. The number of halogens is 2. The van der Waals surface area contributed by atoms with Crippen LogP contribution in [0.3, 0.4) is 0 Å². The standard InChI is InChI=1S/C12H15F2NO/c1-7-6-9-8(11(7)15-2)4-3-5-10(9)16-12(13)14/h3-5,7,11-12,15H,6H2,1-2H3. The molecular weight excluding hydrogens is 212 g/mol. The quantitative estimate of drug-likeness (QED) is 0.857. The van der Waals surface area contributed by atoms with Crippen LogP contribution in [0.25, 0.3) is 0 Å². The Morgan fingerprint density at radius 2 is 2.19 bits per heavy atom. The monoisotopic (exact) mass is 227 g/mol. The van der Waals surface area contributed by atoms with Crippen molar-refractivity contribution in [2.75, 3.05) is 7.05 Å². The molecular formula is C12H15F2NO. The Bertz CT molecular complexity index is 381. The van der Waals surface area contributed by atoms with Crippen molar-refractivity contribution in [3.05, 3.63) is 29.3 Å². The highest BCUT2D eigenvalue weighted by Gasteiger charge is 2.30. The zero-order valence-electron chi connectivity index (χ0n) is 9.34. The van der Waals surface area contributed by atoms with Crippen molar-refractivity contribution < 1.29 is 13.5 Å². The minimum Gasteiger partial charge on any atom is -0.435 e. The fourth-order valence-corrected chi connectivity index (χ4v) is 2.49. The molecule has 1 aliphatic carbocycles. The van der Waals surface area contributed by atoms with Crippen molar-refractivity contribution >= 4 is 0 Å². The van der Waals surface area contributed by atoms with E-state index in [1.54, 1.807) is 12.1 Å². The van der Waals surface area contributed by atoms with E-state index >= 15 is 0 Å². The largest absolute Gasteiger partial charge is 0.435 e. The summed E-state index contributed by atoms with van der Waals surface area (Å²) in [6.45, 7) is -0.650. The topological polar surface area (TPSA) is 21.3 Å². The molecule has 0 bridgehead atoms. The Hall–Kier alpha value is -1.16. The fraction of sp³-hybridized carbons (Fsp3) is 0.500. The molecule has 0 amide bonds. The first-order valence-corrected chi connectivity index (χ1v) is 5.37. The van der Waals surface area contributed by atoms with Gasteiger partial charge in [0.25, 0.3) is 0 Å². The van der Waals surface area contributed by atoms with Gasteiger partial charge < -0.3 is 10.1 Å². The molecule has 1 aromatic carbocycles. The van der Waals surface area contributed by atoms with Crippen molar-refractivity contribution in [2.45, 2.75) is 26.0 Å². The van der Waals surface area contributed by atoms with Crippen LogP contribution in [0.4, 0.5) is 8.78 Å². The van der Waals surface area contributed by atoms with E-state index in [-0.39, 0.29) is 6.04 Å². The first-order valence-electron chi connectivity index (χ1n) is 5.37. The lowest BCUT2D eigenvalue weighted by Gasteiger charge is -2.15. The summed E-state index contributed by atoms with van der Waals surface area (Å²) in [5.41, 5.74) is 1.99. The van der Waals surface area contributed by atoms with Crippen LogP contribution in [0.1, 0.15) is 24.1 Å². The summed E-state index contributed by atoms with van der Waals surface area (Å²) in [5.74, 6) is 0.722. The Kier molecular flexibility index (Phi) is 3.10. The SMILES string of the molecule is CNC1c2cccc(OC(F)F)c2CC1C. The normalized spacial score (nSPS) is 23.6. The van der Waals surface area contributed by atoms with Gasteiger partial charge >= 0.3 is 6.61 Å². The number of rotatable bonds is 3. The minimum atomic E-state index is -2.75. The van der Waals surface area contributed by atoms with E-state index in [1.807, 2.05) is 13.1 Å². The van der Waals surface area contributed by atoms with E-state index < -0.39 is 6.61 Å². The molecule has 0 aromatic heterocycles. The van der Waals surface area contributed by atoms with Crippen molar-refractivity contribution in [3.8, 4) is 5.75 Å². The predicted octanol–water partition coefficient (Wildman–Crippen LogP) is 2.74. The van der Waals surface area contributed by atoms with E-state index in [0.29, 0.717) is 11.7 Å². The molecule has 0 saturated carbocycles. The smallest absolute Gasteiger partial charge is 0.387 e. The molecule has 16 heavy (non-hydrogen) atoms. The van der Waals surface area contributed by atoms with Gasteiger partial charge in [-0.3, -0.25) is 0 Å². The number of hydrogen-bond donors (Lipinski definition) is 1. The highest BCUT2D eigenvalue weighted by molar-refractivity contribution is 5.45. The van der Waals surface area contributed by atoms with Gasteiger partial charge in [-0.2, -0.15) is 8.78 Å². The molecule has 1 aromatic rings. The Balaban J connectivity index is 2.36. The van der Waals surface area contributed by atoms with E-state index in [2.05, 4.69) is 17.0 Å². The molecule has 1 aliphatic rings. The average Bonchev–Trinajstić information content (AvgIpc) is 2.54. The molecule has 0 aliphatic heterocycles. The van der Waals surface area contributed by atoms with Gasteiger partial charge in [0.2, 0.25) is 0 Å². The highest BCUT2D eigenvalue weighted by Crippen LogP contribution is 2.40. The maximum absolute atomic E-state index is 12.2. The average molecular weight is 227 g/mol. The number of benzene rings is 1. The van der Waals surface area contributed by atoms with Crippen LogP contribution in [0.15, 0.2) is 18.2 Å². The molecule has 0 fully saturated rings. The number of nitrogens with one attached hydrogen (secondary N) is 1. The summed E-state index contributed by atoms with van der Waals surface area (Å²) in [6, 6.07) is 5.57. The maximum Gasteiger partial charge on any atom is 0.387 e. The molecule has 88 valence electrons. The van der Waals surface area contributed by atoms with E-state index in [0.717, 1.165) is 17.5 Å². The van der Waals surface area contributed by atoms with E-state index in [4.69, 9.17) is 0 Å². The summed E-state index contributed by atoms with van der Waals surface area (Å²) >= 11 is 0. The van der Waals surface area contributed by atoms with Crippen molar-refractivity contribution in [2.24, 2.45) is 5.92 Å².